The Kier molecular flexibility index (Phi) is 6.28. The number of rotatable bonds is 3. The second-order valence-corrected chi connectivity index (χ2v) is 15.4. The molecule has 12 aromatic rings. The van der Waals surface area contributed by atoms with Crippen molar-refractivity contribution < 1.29 is 4.42 Å². The molecule has 0 aliphatic rings. The van der Waals surface area contributed by atoms with Gasteiger partial charge in [0.25, 0.3) is 0 Å². The minimum atomic E-state index is 0.926. The van der Waals surface area contributed by atoms with E-state index in [-0.39, 0.29) is 0 Å². The lowest BCUT2D eigenvalue weighted by Crippen LogP contribution is -1.91. The largest absolute Gasteiger partial charge is 0.456 e. The molecule has 0 saturated heterocycles. The van der Waals surface area contributed by atoms with E-state index in [0.717, 1.165) is 11.2 Å². The maximum atomic E-state index is 6.71. The summed E-state index contributed by atoms with van der Waals surface area (Å²) in [5.74, 6) is 0. The van der Waals surface area contributed by atoms with E-state index in [4.69, 9.17) is 4.42 Å². The van der Waals surface area contributed by atoms with Gasteiger partial charge in [-0.25, -0.2) is 0 Å². The third-order valence-corrected chi connectivity index (χ3v) is 12.6. The van der Waals surface area contributed by atoms with Crippen molar-refractivity contribution >= 4 is 96.5 Å². The average molecular weight is 703 g/mol. The average Bonchev–Trinajstić information content (AvgIpc) is 3.81. The summed E-state index contributed by atoms with van der Waals surface area (Å²) in [6.07, 6.45) is 0. The maximum absolute atomic E-state index is 6.71. The van der Waals surface area contributed by atoms with Gasteiger partial charge in [-0.2, -0.15) is 0 Å². The van der Waals surface area contributed by atoms with Crippen LogP contribution in [0.25, 0.3) is 119 Å². The lowest BCUT2D eigenvalue weighted by atomic mass is 9.85. The molecule has 0 saturated carbocycles. The molecule has 12 rings (SSSR count). The van der Waals surface area contributed by atoms with Crippen molar-refractivity contribution in [3.05, 3.63) is 182 Å². The zero-order chi connectivity index (χ0) is 35.3. The molecule has 0 aliphatic heterocycles. The third-order valence-electron chi connectivity index (χ3n) is 11.4. The summed E-state index contributed by atoms with van der Waals surface area (Å²) in [4.78, 5) is 0. The second kappa shape index (κ2) is 11.4. The Balaban J connectivity index is 1.05. The first-order valence-electron chi connectivity index (χ1n) is 18.5. The summed E-state index contributed by atoms with van der Waals surface area (Å²) in [6, 6.07) is 66.6. The summed E-state index contributed by atoms with van der Waals surface area (Å²) >= 11 is 1.85. The van der Waals surface area contributed by atoms with Gasteiger partial charge in [0.2, 0.25) is 0 Å². The smallest absolute Gasteiger partial charge is 0.136 e. The molecule has 0 atom stereocenters. The second-order valence-electron chi connectivity index (χ2n) is 14.3. The highest BCUT2D eigenvalue weighted by Gasteiger charge is 2.20. The molecule has 2 aromatic heterocycles. The number of benzene rings is 10. The van der Waals surface area contributed by atoms with Crippen LogP contribution in [0.3, 0.4) is 0 Å². The van der Waals surface area contributed by atoms with Gasteiger partial charge in [0, 0.05) is 30.9 Å². The van der Waals surface area contributed by atoms with Crippen LogP contribution in [0.15, 0.2) is 186 Å². The van der Waals surface area contributed by atoms with Crippen LogP contribution in [0.1, 0.15) is 0 Å². The number of fused-ring (bicyclic) bond motifs is 12. The Morgan fingerprint density at radius 3 is 1.57 bits per heavy atom. The Hall–Kier alpha value is -6.74. The molecule has 54 heavy (non-hydrogen) atoms. The van der Waals surface area contributed by atoms with E-state index in [2.05, 4.69) is 182 Å². The summed E-state index contributed by atoms with van der Waals surface area (Å²) in [7, 11) is 0. The topological polar surface area (TPSA) is 13.1 Å². The highest BCUT2D eigenvalue weighted by molar-refractivity contribution is 7.26. The molecule has 0 unspecified atom stereocenters. The molecule has 0 amide bonds. The van der Waals surface area contributed by atoms with Crippen molar-refractivity contribution in [3.8, 4) is 33.4 Å². The molecule has 0 N–H and O–H groups in total. The van der Waals surface area contributed by atoms with Crippen LogP contribution in [-0.4, -0.2) is 0 Å². The van der Waals surface area contributed by atoms with Crippen molar-refractivity contribution in [1.29, 1.82) is 0 Å². The minimum absolute atomic E-state index is 0.926. The van der Waals surface area contributed by atoms with Gasteiger partial charge in [0.15, 0.2) is 0 Å². The Morgan fingerprint density at radius 1 is 0.315 bits per heavy atom. The molecule has 250 valence electrons. The first-order valence-corrected chi connectivity index (χ1v) is 19.3. The van der Waals surface area contributed by atoms with Gasteiger partial charge in [-0.1, -0.05) is 146 Å². The van der Waals surface area contributed by atoms with Crippen LogP contribution in [0.4, 0.5) is 0 Å². The molecule has 10 aromatic carbocycles. The predicted molar refractivity (Wildman–Crippen MR) is 233 cm³/mol. The predicted octanol–water partition coefficient (Wildman–Crippen LogP) is 15.6. The SMILES string of the molecule is c1ccc(-c2c3ccccc3c(-c3ccc4cc(-c5cc6oc7ccc8sc9ccccc9c8c7c6c6ccccc56)ccc4c3)c3ccccc23)cc1. The van der Waals surface area contributed by atoms with Crippen LogP contribution in [0.2, 0.25) is 0 Å². The zero-order valence-corrected chi connectivity index (χ0v) is 30.0. The molecular weight excluding hydrogens is 673 g/mol. The van der Waals surface area contributed by atoms with E-state index in [1.54, 1.807) is 0 Å². The van der Waals surface area contributed by atoms with Crippen LogP contribution < -0.4 is 0 Å². The Morgan fingerprint density at radius 2 is 0.870 bits per heavy atom. The monoisotopic (exact) mass is 702 g/mol. The van der Waals surface area contributed by atoms with Gasteiger partial charge in [-0.3, -0.25) is 0 Å². The maximum Gasteiger partial charge on any atom is 0.136 e. The van der Waals surface area contributed by atoms with Crippen molar-refractivity contribution in [2.45, 2.75) is 0 Å². The van der Waals surface area contributed by atoms with E-state index in [9.17, 15) is 0 Å². The van der Waals surface area contributed by atoms with Gasteiger partial charge < -0.3 is 4.42 Å². The van der Waals surface area contributed by atoms with Gasteiger partial charge in [0.05, 0.1) is 0 Å². The highest BCUT2D eigenvalue weighted by atomic mass is 32.1. The van der Waals surface area contributed by atoms with Crippen LogP contribution in [0, 0.1) is 0 Å². The fourth-order valence-corrected chi connectivity index (χ4v) is 10.2. The minimum Gasteiger partial charge on any atom is -0.456 e. The number of thiophene rings is 1. The normalized spacial score (nSPS) is 12.1. The lowest BCUT2D eigenvalue weighted by molar-refractivity contribution is 0.669. The number of furan rings is 1. The van der Waals surface area contributed by atoms with E-state index in [1.807, 2.05) is 11.3 Å². The van der Waals surface area contributed by atoms with Gasteiger partial charge in [-0.05, 0) is 113 Å². The van der Waals surface area contributed by atoms with Crippen molar-refractivity contribution in [1.82, 2.24) is 0 Å². The molecule has 0 spiro atoms. The quantitative estimate of drug-likeness (QED) is 0.167. The van der Waals surface area contributed by atoms with Crippen LogP contribution >= 0.6 is 11.3 Å². The van der Waals surface area contributed by atoms with Crippen molar-refractivity contribution in [3.63, 3.8) is 0 Å². The Bertz CT molecular complexity index is 3440. The van der Waals surface area contributed by atoms with Gasteiger partial charge in [-0.15, -0.1) is 11.3 Å². The molecule has 1 nitrogen and oxygen atoms in total. The summed E-state index contributed by atoms with van der Waals surface area (Å²) in [5, 5.41) is 15.0. The van der Waals surface area contributed by atoms with Gasteiger partial charge in [0.1, 0.15) is 11.2 Å². The van der Waals surface area contributed by atoms with Crippen molar-refractivity contribution in [2.24, 2.45) is 0 Å². The van der Waals surface area contributed by atoms with E-state index >= 15 is 0 Å². The Labute approximate surface area is 314 Å². The molecule has 0 fully saturated rings. The standard InChI is InChI=1S/C52H30OS/c1-2-12-31(13-3-1)48-38-16-6-8-18-40(38)49(41-19-9-7-17-39(41)48)35-25-23-32-28-34(24-22-33(32)29-35)43-30-45-50(37-15-5-4-14-36(37)43)52-44(53-45)26-27-47-51(52)42-20-10-11-21-46(42)54-47/h1-30H. The molecular formula is C52H30OS. The summed E-state index contributed by atoms with van der Waals surface area (Å²) in [6.45, 7) is 0. The van der Waals surface area contributed by atoms with E-state index in [1.165, 1.54) is 107 Å². The summed E-state index contributed by atoms with van der Waals surface area (Å²) < 4.78 is 9.31. The van der Waals surface area contributed by atoms with Gasteiger partial charge >= 0.3 is 0 Å². The van der Waals surface area contributed by atoms with E-state index < -0.39 is 0 Å². The third kappa shape index (κ3) is 4.26. The summed E-state index contributed by atoms with van der Waals surface area (Å²) in [5.41, 5.74) is 9.26. The zero-order valence-electron chi connectivity index (χ0n) is 29.1. The first-order chi connectivity index (χ1) is 26.8. The molecule has 2 heteroatoms. The first kappa shape index (κ1) is 29.8. The number of hydrogen-bond acceptors (Lipinski definition) is 2. The fraction of sp³-hybridized carbons (Fsp3) is 0. The molecule has 0 bridgehead atoms. The van der Waals surface area contributed by atoms with Crippen LogP contribution in [0.5, 0.6) is 0 Å². The number of hydrogen-bond donors (Lipinski definition) is 0. The molecule has 2 heterocycles. The molecule has 0 aliphatic carbocycles. The van der Waals surface area contributed by atoms with E-state index in [0.29, 0.717) is 0 Å². The highest BCUT2D eigenvalue weighted by Crippen LogP contribution is 2.47. The van der Waals surface area contributed by atoms with Crippen molar-refractivity contribution in [2.75, 3.05) is 0 Å². The lowest BCUT2D eigenvalue weighted by Gasteiger charge is -2.18. The molecule has 0 radical (unpaired) electrons. The van der Waals surface area contributed by atoms with Crippen LogP contribution in [-0.2, 0) is 0 Å². The fourth-order valence-electron chi connectivity index (χ4n) is 9.10.